The Hall–Kier alpha value is -1.87. The molecule has 116 valence electrons. The van der Waals surface area contributed by atoms with Gasteiger partial charge in [-0.05, 0) is 31.9 Å². The zero-order valence-corrected chi connectivity index (χ0v) is 13.5. The minimum absolute atomic E-state index is 0.130. The van der Waals surface area contributed by atoms with Crippen molar-refractivity contribution in [1.29, 1.82) is 0 Å². The van der Waals surface area contributed by atoms with E-state index in [-0.39, 0.29) is 11.6 Å². The number of hydrogen-bond donors (Lipinski definition) is 1. The highest BCUT2D eigenvalue weighted by Gasteiger charge is 2.43. The summed E-state index contributed by atoms with van der Waals surface area (Å²) < 4.78 is 2.22. The summed E-state index contributed by atoms with van der Waals surface area (Å²) in [6.45, 7) is 12.5. The first kappa shape index (κ1) is 15.0. The maximum absolute atomic E-state index is 4.97. The topological polar surface area (TPSA) is 29.3 Å². The van der Waals surface area contributed by atoms with Crippen LogP contribution in [0.1, 0.15) is 56.5 Å². The molecule has 0 bridgehead atoms. The molecule has 0 amide bonds. The van der Waals surface area contributed by atoms with Gasteiger partial charge in [-0.1, -0.05) is 31.6 Å². The number of hydrogen-bond acceptors (Lipinski definition) is 2. The van der Waals surface area contributed by atoms with Crippen LogP contribution in [0.5, 0.6) is 0 Å². The summed E-state index contributed by atoms with van der Waals surface area (Å²) in [5, 5.41) is 3.80. The zero-order chi connectivity index (χ0) is 15.7. The van der Waals surface area contributed by atoms with Crippen molar-refractivity contribution in [3.63, 3.8) is 0 Å². The molecule has 2 aromatic rings. The molecule has 0 saturated heterocycles. The molecule has 22 heavy (non-hydrogen) atoms. The lowest BCUT2D eigenvalue weighted by Gasteiger charge is -2.43. The van der Waals surface area contributed by atoms with Crippen molar-refractivity contribution in [1.82, 2.24) is 14.7 Å². The van der Waals surface area contributed by atoms with Gasteiger partial charge in [0.1, 0.15) is 5.65 Å². The summed E-state index contributed by atoms with van der Waals surface area (Å²) in [5.41, 5.74) is 3.40. The Morgan fingerprint density at radius 1 is 1.41 bits per heavy atom. The fourth-order valence-electron chi connectivity index (χ4n) is 3.73. The maximum Gasteiger partial charge on any atom is 0.137 e. The fourth-order valence-corrected chi connectivity index (χ4v) is 3.73. The molecule has 1 N–H and O–H groups in total. The molecule has 3 nitrogen and oxygen atoms in total. The van der Waals surface area contributed by atoms with E-state index in [1.807, 2.05) is 12.1 Å². The molecule has 3 heteroatoms. The average molecular weight is 295 g/mol. The third-order valence-electron chi connectivity index (χ3n) is 4.87. The van der Waals surface area contributed by atoms with Crippen LogP contribution in [0.2, 0.25) is 0 Å². The molecule has 0 saturated carbocycles. The van der Waals surface area contributed by atoms with Crippen molar-refractivity contribution < 1.29 is 0 Å². The summed E-state index contributed by atoms with van der Waals surface area (Å²) in [7, 11) is 0. The molecule has 0 fully saturated rings. The molecule has 0 spiro atoms. The molecule has 0 radical (unpaired) electrons. The van der Waals surface area contributed by atoms with Crippen molar-refractivity contribution in [3.05, 3.63) is 61.1 Å². The Bertz CT molecular complexity index is 700. The van der Waals surface area contributed by atoms with Gasteiger partial charge in [0.05, 0.1) is 17.4 Å². The van der Waals surface area contributed by atoms with Crippen LogP contribution in [0.25, 0.3) is 5.65 Å². The molecule has 2 aromatic heterocycles. The van der Waals surface area contributed by atoms with Gasteiger partial charge in [0.2, 0.25) is 0 Å². The second kappa shape index (κ2) is 5.73. The van der Waals surface area contributed by atoms with Gasteiger partial charge in [-0.15, -0.1) is 13.2 Å². The van der Waals surface area contributed by atoms with Crippen molar-refractivity contribution in [2.24, 2.45) is 0 Å². The number of aromatic nitrogens is 2. The monoisotopic (exact) mass is 295 g/mol. The van der Waals surface area contributed by atoms with Crippen LogP contribution in [0, 0.1) is 0 Å². The standard InChI is InChI=1S/C19H25N3/c1-5-10-14-17-18(22-13-9-8-12-16(22)20-17)15(11-6-2)21-19(14,4)7-3/h6-9,12-15,21H,2-3,5,10-11H2,1,4H3/t14-,15?,19-/m0/s1. The third-order valence-corrected chi connectivity index (χ3v) is 4.87. The predicted octanol–water partition coefficient (Wildman–Crippen LogP) is 4.38. The van der Waals surface area contributed by atoms with Crippen molar-refractivity contribution in [2.45, 2.75) is 50.6 Å². The van der Waals surface area contributed by atoms with E-state index in [1.54, 1.807) is 0 Å². The number of rotatable bonds is 5. The van der Waals surface area contributed by atoms with Gasteiger partial charge in [0.15, 0.2) is 0 Å². The van der Waals surface area contributed by atoms with E-state index in [4.69, 9.17) is 4.98 Å². The molecule has 1 aliphatic rings. The van der Waals surface area contributed by atoms with Crippen molar-refractivity contribution in [2.75, 3.05) is 0 Å². The molecule has 1 aliphatic heterocycles. The quantitative estimate of drug-likeness (QED) is 0.829. The highest BCUT2D eigenvalue weighted by molar-refractivity contribution is 5.48. The van der Waals surface area contributed by atoms with Gasteiger partial charge in [-0.3, -0.25) is 5.32 Å². The summed E-state index contributed by atoms with van der Waals surface area (Å²) in [6, 6.07) is 6.42. The molecule has 3 rings (SSSR count). The Morgan fingerprint density at radius 3 is 2.91 bits per heavy atom. The van der Waals surface area contributed by atoms with Gasteiger partial charge in [0, 0.05) is 17.7 Å². The Balaban J connectivity index is 2.24. The van der Waals surface area contributed by atoms with E-state index in [1.165, 1.54) is 11.4 Å². The highest BCUT2D eigenvalue weighted by atomic mass is 15.1. The molecule has 3 heterocycles. The highest BCUT2D eigenvalue weighted by Crippen LogP contribution is 2.43. The first-order valence-corrected chi connectivity index (χ1v) is 8.13. The first-order chi connectivity index (χ1) is 10.6. The van der Waals surface area contributed by atoms with Crippen LogP contribution >= 0.6 is 0 Å². The van der Waals surface area contributed by atoms with Gasteiger partial charge < -0.3 is 4.40 Å². The number of fused-ring (bicyclic) bond motifs is 3. The summed E-state index contributed by atoms with van der Waals surface area (Å²) in [4.78, 5) is 4.97. The second-order valence-corrected chi connectivity index (χ2v) is 6.36. The Kier molecular flexibility index (Phi) is 3.92. The molecule has 0 aliphatic carbocycles. The largest absolute Gasteiger partial charge is 0.302 e. The number of pyridine rings is 1. The smallest absolute Gasteiger partial charge is 0.137 e. The van der Waals surface area contributed by atoms with Crippen LogP contribution in [0.3, 0.4) is 0 Å². The van der Waals surface area contributed by atoms with Crippen molar-refractivity contribution >= 4 is 5.65 Å². The molecular weight excluding hydrogens is 270 g/mol. The van der Waals surface area contributed by atoms with E-state index in [0.717, 1.165) is 24.9 Å². The number of imidazole rings is 1. The second-order valence-electron chi connectivity index (χ2n) is 6.36. The molecule has 0 aromatic carbocycles. The maximum atomic E-state index is 4.97. The van der Waals surface area contributed by atoms with E-state index in [9.17, 15) is 0 Å². The number of nitrogens with zero attached hydrogens (tertiary/aromatic N) is 2. The lowest BCUT2D eigenvalue weighted by Crippen LogP contribution is -2.51. The predicted molar refractivity (Wildman–Crippen MR) is 92.1 cm³/mol. The first-order valence-electron chi connectivity index (χ1n) is 8.13. The Morgan fingerprint density at radius 2 is 2.23 bits per heavy atom. The van der Waals surface area contributed by atoms with E-state index >= 15 is 0 Å². The lowest BCUT2D eigenvalue weighted by atomic mass is 9.75. The van der Waals surface area contributed by atoms with Gasteiger partial charge in [0.25, 0.3) is 0 Å². The van der Waals surface area contributed by atoms with Crippen LogP contribution in [-0.4, -0.2) is 14.9 Å². The van der Waals surface area contributed by atoms with Crippen LogP contribution in [-0.2, 0) is 0 Å². The van der Waals surface area contributed by atoms with Crippen LogP contribution < -0.4 is 5.32 Å². The normalized spacial score (nSPS) is 27.5. The zero-order valence-electron chi connectivity index (χ0n) is 13.5. The third kappa shape index (κ3) is 2.20. The van der Waals surface area contributed by atoms with Gasteiger partial charge in [-0.25, -0.2) is 4.98 Å². The summed E-state index contributed by atoms with van der Waals surface area (Å²) in [6.07, 6.45) is 9.27. The van der Waals surface area contributed by atoms with Crippen LogP contribution in [0.4, 0.5) is 0 Å². The van der Waals surface area contributed by atoms with Crippen LogP contribution in [0.15, 0.2) is 49.7 Å². The van der Waals surface area contributed by atoms with E-state index in [2.05, 4.69) is 61.1 Å². The summed E-state index contributed by atoms with van der Waals surface area (Å²) >= 11 is 0. The lowest BCUT2D eigenvalue weighted by molar-refractivity contribution is 0.270. The summed E-state index contributed by atoms with van der Waals surface area (Å²) in [5.74, 6) is 0.353. The van der Waals surface area contributed by atoms with Gasteiger partial charge in [-0.2, -0.15) is 0 Å². The minimum atomic E-state index is -0.130. The SMILES string of the molecule is C=CCC1N[C@@](C)(C=C)[C@@H](CCC)c2nc3ccccn3c21. The van der Waals surface area contributed by atoms with Crippen molar-refractivity contribution in [3.8, 4) is 0 Å². The van der Waals surface area contributed by atoms with E-state index < -0.39 is 0 Å². The molecule has 3 atom stereocenters. The molecular formula is C19H25N3. The van der Waals surface area contributed by atoms with E-state index in [0.29, 0.717) is 5.92 Å². The average Bonchev–Trinajstić information content (AvgIpc) is 2.91. The van der Waals surface area contributed by atoms with Gasteiger partial charge >= 0.3 is 0 Å². The Labute approximate surface area is 132 Å². The minimum Gasteiger partial charge on any atom is -0.302 e. The molecule has 1 unspecified atom stereocenters. The number of nitrogens with one attached hydrogen (secondary N) is 1. The fraction of sp³-hybridized carbons (Fsp3) is 0.421.